The van der Waals surface area contributed by atoms with Crippen molar-refractivity contribution >= 4 is 30.5 Å². The Bertz CT molecular complexity index is 24.3. The van der Waals surface area contributed by atoms with Crippen molar-refractivity contribution in [1.29, 1.82) is 0 Å². The third kappa shape index (κ3) is 89.7. The van der Waals surface area contributed by atoms with E-state index in [9.17, 15) is 0 Å². The molecule has 6 heavy (non-hydrogen) atoms. The summed E-state index contributed by atoms with van der Waals surface area (Å²) in [6.45, 7) is 4.11. The van der Waals surface area contributed by atoms with Gasteiger partial charge in [0.2, 0.25) is 0 Å². The number of thiol groups is 2. The summed E-state index contributed by atoms with van der Waals surface area (Å²) in [5, 5.41) is 0. The Morgan fingerprint density at radius 2 is 1.17 bits per heavy atom. The van der Waals surface area contributed by atoms with Crippen molar-refractivity contribution in [3.05, 3.63) is 0 Å². The van der Waals surface area contributed by atoms with Gasteiger partial charge in [-0.05, 0) is 0 Å². The smallest absolute Gasteiger partial charge is 0.163 e. The molecule has 0 aliphatic rings. The fourth-order valence-corrected chi connectivity index (χ4v) is 0. The summed E-state index contributed by atoms with van der Waals surface area (Å²) in [6.07, 6.45) is -1.22. The van der Waals surface area contributed by atoms with Crippen LogP contribution in [0.3, 0.4) is 0 Å². The van der Waals surface area contributed by atoms with Gasteiger partial charge in [-0.1, -0.05) is 20.5 Å². The molecule has 0 saturated carbocycles. The maximum Gasteiger partial charge on any atom is 0.163 e. The lowest BCUT2D eigenvalue weighted by Gasteiger charge is -1.98. The molecule has 0 atom stereocenters. The predicted octanol–water partition coefficient (Wildman–Crippen LogP) is 2.18. The van der Waals surface area contributed by atoms with Crippen molar-refractivity contribution in [3.63, 3.8) is 0 Å². The Kier molecular flexibility index (Phi) is 4.99. The summed E-state index contributed by atoms with van der Waals surface area (Å²) in [5.41, 5.74) is 0. The van der Waals surface area contributed by atoms with E-state index in [1.54, 1.807) is 0 Å². The van der Waals surface area contributed by atoms with Crippen LogP contribution in [0.5, 0.6) is 0 Å². The topological polar surface area (TPSA) is 0 Å². The van der Waals surface area contributed by atoms with Gasteiger partial charge in [-0.25, -0.2) is 0 Å². The molecule has 0 aliphatic heterocycles. The minimum Gasteiger partial charge on any atom is -0.190 e. The van der Waals surface area contributed by atoms with Crippen LogP contribution >= 0.6 is 24.2 Å². The van der Waals surface area contributed by atoms with E-state index in [-0.39, 0.29) is 7.43 Å². The van der Waals surface area contributed by atoms with Crippen molar-refractivity contribution in [2.45, 2.75) is 20.5 Å². The number of hydrogen-bond acceptors (Lipinski definition) is 2. The molecular formula is C3H12S2Si. The maximum atomic E-state index is 4.13. The third-order valence-corrected chi connectivity index (χ3v) is 0. The molecule has 0 fully saturated rings. The minimum absolute atomic E-state index is 0. The van der Waals surface area contributed by atoms with Gasteiger partial charge in [0, 0.05) is 0 Å². The molecule has 0 aromatic carbocycles. The fraction of sp³-hybridized carbons (Fsp3) is 1.00. The summed E-state index contributed by atoms with van der Waals surface area (Å²) in [4.78, 5) is 0. The predicted molar refractivity (Wildman–Crippen MR) is 42.2 cm³/mol. The normalized spacial score (nSPS) is 10.0. The maximum absolute atomic E-state index is 4.13. The van der Waals surface area contributed by atoms with Gasteiger partial charge < -0.3 is 0 Å². The number of hydrogen-bond donors (Lipinski definition) is 2. The lowest BCUT2D eigenvalue weighted by molar-refractivity contribution is 2.09. The van der Waals surface area contributed by atoms with Gasteiger partial charge in [-0.3, -0.25) is 0 Å². The quantitative estimate of drug-likeness (QED) is 0.374. The van der Waals surface area contributed by atoms with Gasteiger partial charge in [0.25, 0.3) is 0 Å². The van der Waals surface area contributed by atoms with Crippen LogP contribution < -0.4 is 0 Å². The molecule has 0 heterocycles. The monoisotopic (exact) mass is 140 g/mol. The van der Waals surface area contributed by atoms with E-state index in [1.807, 2.05) is 0 Å². The molecule has 0 nitrogen and oxygen atoms in total. The summed E-state index contributed by atoms with van der Waals surface area (Å²) in [7, 11) is 0. The van der Waals surface area contributed by atoms with Crippen molar-refractivity contribution in [1.82, 2.24) is 0 Å². The zero-order valence-corrected chi connectivity index (χ0v) is 6.18. The van der Waals surface area contributed by atoms with Crippen LogP contribution in [-0.2, 0) is 0 Å². The van der Waals surface area contributed by atoms with E-state index < -0.39 is 6.37 Å². The molecule has 0 rings (SSSR count). The van der Waals surface area contributed by atoms with E-state index in [0.717, 1.165) is 0 Å². The molecule has 0 spiro atoms. The van der Waals surface area contributed by atoms with Gasteiger partial charge in [0.1, 0.15) is 0 Å². The highest BCUT2D eigenvalue weighted by Gasteiger charge is 2.03. The number of rotatable bonds is 0. The molecule has 40 valence electrons. The van der Waals surface area contributed by atoms with Crippen LogP contribution in [0, 0.1) is 0 Å². The average Bonchev–Trinajstić information content (AvgIpc) is 0.722. The highest BCUT2D eigenvalue weighted by atomic mass is 32.5. The Morgan fingerprint density at radius 1 is 1.17 bits per heavy atom. The zero-order chi connectivity index (χ0) is 4.50. The molecule has 0 N–H and O–H groups in total. The molecule has 0 aromatic rings. The second kappa shape index (κ2) is 2.99. The first-order chi connectivity index (χ1) is 2.00. The Labute approximate surface area is 51.5 Å². The molecule has 0 unspecified atom stereocenters. The lowest BCUT2D eigenvalue weighted by atomic mass is 11.9. The first-order valence-electron chi connectivity index (χ1n) is 1.45. The third-order valence-electron chi connectivity index (χ3n) is 0. The van der Waals surface area contributed by atoms with Crippen LogP contribution in [-0.4, -0.2) is 6.37 Å². The SMILES string of the molecule is C.C[Si](C)(S)S. The van der Waals surface area contributed by atoms with Crippen LogP contribution in [0.25, 0.3) is 0 Å². The molecule has 0 aromatic heterocycles. The van der Waals surface area contributed by atoms with Gasteiger partial charge >= 0.3 is 0 Å². The Hall–Kier alpha value is 0.917. The van der Waals surface area contributed by atoms with Gasteiger partial charge in [-0.2, -0.15) is 24.2 Å². The average molecular weight is 140 g/mol. The van der Waals surface area contributed by atoms with Gasteiger partial charge in [-0.15, -0.1) is 0 Å². The molecule has 0 aliphatic carbocycles. The summed E-state index contributed by atoms with van der Waals surface area (Å²) in [6, 6.07) is 0. The molecule has 0 saturated heterocycles. The fourth-order valence-electron chi connectivity index (χ4n) is 0. The highest BCUT2D eigenvalue weighted by Crippen LogP contribution is 2.09. The molecule has 0 amide bonds. The van der Waals surface area contributed by atoms with Crippen LogP contribution in [0.15, 0.2) is 0 Å². The van der Waals surface area contributed by atoms with Crippen molar-refractivity contribution < 1.29 is 0 Å². The minimum atomic E-state index is -1.22. The Balaban J connectivity index is 0. The van der Waals surface area contributed by atoms with Crippen molar-refractivity contribution in [3.8, 4) is 0 Å². The summed E-state index contributed by atoms with van der Waals surface area (Å²) < 4.78 is 0. The zero-order valence-electron chi connectivity index (χ0n) is 3.39. The van der Waals surface area contributed by atoms with Gasteiger partial charge in [0.15, 0.2) is 6.37 Å². The van der Waals surface area contributed by atoms with E-state index >= 15 is 0 Å². The van der Waals surface area contributed by atoms with E-state index in [4.69, 9.17) is 0 Å². The summed E-state index contributed by atoms with van der Waals surface area (Å²) >= 11 is 8.25. The molecular weight excluding hydrogens is 128 g/mol. The van der Waals surface area contributed by atoms with E-state index in [0.29, 0.717) is 0 Å². The second-order valence-corrected chi connectivity index (χ2v) is 12.2. The van der Waals surface area contributed by atoms with Crippen LogP contribution in [0.2, 0.25) is 13.1 Å². The second-order valence-electron chi connectivity index (χ2n) is 1.49. The summed E-state index contributed by atoms with van der Waals surface area (Å²) in [5.74, 6) is 0. The van der Waals surface area contributed by atoms with Crippen LogP contribution in [0.4, 0.5) is 0 Å². The van der Waals surface area contributed by atoms with Crippen molar-refractivity contribution in [2.24, 2.45) is 0 Å². The highest BCUT2D eigenvalue weighted by molar-refractivity contribution is 8.45. The first-order valence-corrected chi connectivity index (χ1v) is 7.02. The van der Waals surface area contributed by atoms with Crippen molar-refractivity contribution in [2.75, 3.05) is 0 Å². The van der Waals surface area contributed by atoms with E-state index in [1.165, 1.54) is 0 Å². The lowest BCUT2D eigenvalue weighted by Crippen LogP contribution is -2.02. The molecule has 0 bridgehead atoms. The Morgan fingerprint density at radius 3 is 1.17 bits per heavy atom. The largest absolute Gasteiger partial charge is 0.190 e. The van der Waals surface area contributed by atoms with Crippen LogP contribution in [0.1, 0.15) is 7.43 Å². The van der Waals surface area contributed by atoms with Gasteiger partial charge in [0.05, 0.1) is 0 Å². The molecule has 0 radical (unpaired) electrons. The standard InChI is InChI=1S/C2H8S2Si.CH4/c1-5(2,3)4;/h3-4H,1-2H3;1H4. The van der Waals surface area contributed by atoms with E-state index in [2.05, 4.69) is 37.3 Å². The first kappa shape index (κ1) is 10.0. The molecule has 3 heteroatoms.